The minimum absolute atomic E-state index is 0.454. The van der Waals surface area contributed by atoms with E-state index in [1.807, 2.05) is 17.9 Å². The predicted octanol–water partition coefficient (Wildman–Crippen LogP) is 1.42. The van der Waals surface area contributed by atoms with Gasteiger partial charge in [-0.3, -0.25) is 5.10 Å². The van der Waals surface area contributed by atoms with Crippen LogP contribution in [0.2, 0.25) is 0 Å². The van der Waals surface area contributed by atoms with Crippen molar-refractivity contribution in [3.05, 3.63) is 36.4 Å². The lowest BCUT2D eigenvalue weighted by atomic mass is 10.1. The zero-order valence-corrected chi connectivity index (χ0v) is 9.51. The molecule has 5 nitrogen and oxygen atoms in total. The third-order valence-electron chi connectivity index (χ3n) is 2.96. The van der Waals surface area contributed by atoms with Crippen molar-refractivity contribution in [2.45, 2.75) is 6.54 Å². The summed E-state index contributed by atoms with van der Waals surface area (Å²) in [4.78, 5) is 4.35. The molecule has 17 heavy (non-hydrogen) atoms. The van der Waals surface area contributed by atoms with Gasteiger partial charge in [-0.15, -0.1) is 0 Å². The molecule has 0 unspecified atom stereocenters. The molecule has 0 aliphatic carbocycles. The third kappa shape index (κ3) is 1.52. The van der Waals surface area contributed by atoms with Gasteiger partial charge in [-0.2, -0.15) is 5.10 Å². The van der Waals surface area contributed by atoms with Gasteiger partial charge in [-0.25, -0.2) is 4.98 Å². The topological polar surface area (TPSA) is 72.5 Å². The Morgan fingerprint density at radius 1 is 1.41 bits per heavy atom. The van der Waals surface area contributed by atoms with Gasteiger partial charge in [0.1, 0.15) is 0 Å². The lowest BCUT2D eigenvalue weighted by Crippen LogP contribution is -1.98. The van der Waals surface area contributed by atoms with Gasteiger partial charge in [0.25, 0.3) is 0 Å². The van der Waals surface area contributed by atoms with Crippen molar-refractivity contribution in [3.63, 3.8) is 0 Å². The van der Waals surface area contributed by atoms with Crippen LogP contribution in [0.4, 0.5) is 0 Å². The van der Waals surface area contributed by atoms with Crippen LogP contribution in [-0.4, -0.2) is 19.7 Å². The number of hydrogen-bond donors (Lipinski definition) is 2. The Labute approximate surface area is 98.3 Å². The molecule has 0 aliphatic heterocycles. The highest BCUT2D eigenvalue weighted by Crippen LogP contribution is 2.25. The molecule has 0 bridgehead atoms. The molecule has 1 aromatic carbocycles. The van der Waals surface area contributed by atoms with Crippen molar-refractivity contribution in [2.24, 2.45) is 12.8 Å². The molecule has 5 heteroatoms. The molecule has 0 spiro atoms. The Morgan fingerprint density at radius 3 is 3.12 bits per heavy atom. The average molecular weight is 227 g/mol. The standard InChI is InChI=1S/C12H13N5/c1-17-7-14-10-4-8(2-3-12(10)17)9-6-15-16-11(9)5-13/h2-4,6-7H,5,13H2,1H3,(H,15,16). The van der Waals surface area contributed by atoms with E-state index in [0.29, 0.717) is 6.54 Å². The Hall–Kier alpha value is -2.14. The van der Waals surface area contributed by atoms with Crippen LogP contribution in [0.5, 0.6) is 0 Å². The smallest absolute Gasteiger partial charge is 0.0955 e. The molecule has 3 aromatic rings. The van der Waals surface area contributed by atoms with Crippen molar-refractivity contribution in [1.82, 2.24) is 19.7 Å². The summed E-state index contributed by atoms with van der Waals surface area (Å²) < 4.78 is 2.00. The fourth-order valence-electron chi connectivity index (χ4n) is 2.02. The molecule has 0 saturated carbocycles. The highest BCUT2D eigenvalue weighted by Gasteiger charge is 2.08. The normalized spacial score (nSPS) is 11.2. The Morgan fingerprint density at radius 2 is 2.29 bits per heavy atom. The third-order valence-corrected chi connectivity index (χ3v) is 2.96. The van der Waals surface area contributed by atoms with Gasteiger partial charge in [0, 0.05) is 19.2 Å². The number of H-pyrrole nitrogens is 1. The molecule has 3 N–H and O–H groups in total. The minimum atomic E-state index is 0.454. The SMILES string of the molecule is Cn1cnc2cc(-c3cn[nH]c3CN)ccc21. The van der Waals surface area contributed by atoms with E-state index in [1.165, 1.54) is 0 Å². The first kappa shape index (κ1) is 10.0. The number of benzene rings is 1. The van der Waals surface area contributed by atoms with Gasteiger partial charge in [-0.05, 0) is 17.7 Å². The van der Waals surface area contributed by atoms with Crippen LogP contribution in [-0.2, 0) is 13.6 Å². The number of hydrogen-bond acceptors (Lipinski definition) is 3. The summed E-state index contributed by atoms with van der Waals surface area (Å²) in [5, 5.41) is 6.93. The zero-order chi connectivity index (χ0) is 11.8. The van der Waals surface area contributed by atoms with E-state index in [2.05, 4.69) is 33.4 Å². The number of nitrogens with one attached hydrogen (secondary N) is 1. The zero-order valence-electron chi connectivity index (χ0n) is 9.51. The second-order valence-electron chi connectivity index (χ2n) is 4.03. The van der Waals surface area contributed by atoms with Gasteiger partial charge < -0.3 is 10.3 Å². The summed E-state index contributed by atoms with van der Waals surface area (Å²) in [5.74, 6) is 0. The fourth-order valence-corrected chi connectivity index (χ4v) is 2.02. The van der Waals surface area contributed by atoms with E-state index in [-0.39, 0.29) is 0 Å². The van der Waals surface area contributed by atoms with E-state index in [1.54, 1.807) is 6.20 Å². The van der Waals surface area contributed by atoms with Crippen LogP contribution in [0, 0.1) is 0 Å². The van der Waals surface area contributed by atoms with Crippen LogP contribution in [0.15, 0.2) is 30.7 Å². The van der Waals surface area contributed by atoms with Gasteiger partial charge in [0.15, 0.2) is 0 Å². The minimum Gasteiger partial charge on any atom is -0.334 e. The van der Waals surface area contributed by atoms with E-state index in [4.69, 9.17) is 5.73 Å². The van der Waals surface area contributed by atoms with Crippen molar-refractivity contribution in [3.8, 4) is 11.1 Å². The largest absolute Gasteiger partial charge is 0.334 e. The number of imidazole rings is 1. The molecule has 2 heterocycles. The van der Waals surface area contributed by atoms with E-state index in [0.717, 1.165) is 27.9 Å². The molecule has 2 aromatic heterocycles. The van der Waals surface area contributed by atoms with Gasteiger partial charge in [0.05, 0.1) is 29.3 Å². The lowest BCUT2D eigenvalue weighted by Gasteiger charge is -2.01. The van der Waals surface area contributed by atoms with Crippen molar-refractivity contribution in [2.75, 3.05) is 0 Å². The van der Waals surface area contributed by atoms with Crippen LogP contribution in [0.1, 0.15) is 5.69 Å². The number of aromatic nitrogens is 4. The van der Waals surface area contributed by atoms with Gasteiger partial charge in [-0.1, -0.05) is 6.07 Å². The van der Waals surface area contributed by atoms with Crippen LogP contribution in [0.25, 0.3) is 22.2 Å². The summed E-state index contributed by atoms with van der Waals surface area (Å²) >= 11 is 0. The molecular weight excluding hydrogens is 214 g/mol. The molecule has 0 fully saturated rings. The Balaban J connectivity index is 2.18. The Kier molecular flexibility index (Phi) is 2.19. The molecule has 0 radical (unpaired) electrons. The number of rotatable bonds is 2. The monoisotopic (exact) mass is 227 g/mol. The summed E-state index contributed by atoms with van der Waals surface area (Å²) in [6.07, 6.45) is 3.61. The molecule has 0 aliphatic rings. The summed E-state index contributed by atoms with van der Waals surface area (Å²) in [6, 6.07) is 6.18. The second-order valence-corrected chi connectivity index (χ2v) is 4.03. The summed E-state index contributed by atoms with van der Waals surface area (Å²) in [5.41, 5.74) is 10.8. The number of fused-ring (bicyclic) bond motifs is 1. The van der Waals surface area contributed by atoms with E-state index < -0.39 is 0 Å². The second kappa shape index (κ2) is 3.71. The number of aryl methyl sites for hydroxylation is 1. The predicted molar refractivity (Wildman–Crippen MR) is 66.2 cm³/mol. The number of nitrogens with zero attached hydrogens (tertiary/aromatic N) is 3. The first-order valence-electron chi connectivity index (χ1n) is 5.43. The number of aromatic amines is 1. The maximum Gasteiger partial charge on any atom is 0.0955 e. The maximum absolute atomic E-state index is 5.66. The van der Waals surface area contributed by atoms with Crippen LogP contribution < -0.4 is 5.73 Å². The summed E-state index contributed by atoms with van der Waals surface area (Å²) in [7, 11) is 1.98. The highest BCUT2D eigenvalue weighted by atomic mass is 15.1. The van der Waals surface area contributed by atoms with Crippen LogP contribution >= 0.6 is 0 Å². The quantitative estimate of drug-likeness (QED) is 0.695. The molecule has 0 amide bonds. The molecule has 0 saturated heterocycles. The Bertz CT molecular complexity index is 664. The first-order valence-corrected chi connectivity index (χ1v) is 5.43. The van der Waals surface area contributed by atoms with Crippen molar-refractivity contribution < 1.29 is 0 Å². The maximum atomic E-state index is 5.66. The fraction of sp³-hybridized carbons (Fsp3) is 0.167. The van der Waals surface area contributed by atoms with Gasteiger partial charge >= 0.3 is 0 Å². The van der Waals surface area contributed by atoms with E-state index in [9.17, 15) is 0 Å². The van der Waals surface area contributed by atoms with Crippen LogP contribution in [0.3, 0.4) is 0 Å². The number of nitrogens with two attached hydrogens (primary N) is 1. The molecule has 86 valence electrons. The highest BCUT2D eigenvalue weighted by molar-refractivity contribution is 5.82. The first-order chi connectivity index (χ1) is 8.29. The molecular formula is C12H13N5. The average Bonchev–Trinajstić information content (AvgIpc) is 2.96. The molecule has 0 atom stereocenters. The molecule has 3 rings (SSSR count). The van der Waals surface area contributed by atoms with Gasteiger partial charge in [0.2, 0.25) is 0 Å². The van der Waals surface area contributed by atoms with E-state index >= 15 is 0 Å². The van der Waals surface area contributed by atoms with Crippen molar-refractivity contribution in [1.29, 1.82) is 0 Å². The van der Waals surface area contributed by atoms with Crippen molar-refractivity contribution >= 4 is 11.0 Å². The lowest BCUT2D eigenvalue weighted by molar-refractivity contribution is 0.947. The summed E-state index contributed by atoms with van der Waals surface area (Å²) in [6.45, 7) is 0.454.